The molecule has 0 bridgehead atoms. The van der Waals surface area contributed by atoms with Crippen molar-refractivity contribution < 1.29 is 9.21 Å². The number of carbonyl (C=O) groups is 1. The van der Waals surface area contributed by atoms with Crippen LogP contribution in [0.1, 0.15) is 58.6 Å². The molecule has 0 radical (unpaired) electrons. The third-order valence-corrected chi connectivity index (χ3v) is 6.39. The molecule has 32 heavy (non-hydrogen) atoms. The third kappa shape index (κ3) is 3.26. The number of anilines is 1. The average Bonchev–Trinajstić information content (AvgIpc) is 3.07. The summed E-state index contributed by atoms with van der Waals surface area (Å²) in [6, 6.07) is 16.4. The zero-order valence-corrected chi connectivity index (χ0v) is 19.5. The molecule has 160 valence electrons. The standard InChI is InChI=1S/C26H21BrN2O3/c1-14(2)16-4-6-17(7-5-16)23-22-24(30)19-13-18(27)8-9-20(19)32-25(22)26(31)29(23)21-12-15(3)10-11-28-21/h4-14,23H,1-3H3/t23-/m0/s1. The SMILES string of the molecule is Cc1ccnc(N2C(=O)c3oc4ccc(Br)cc4c(=O)c3[C@@H]2c2ccc(C(C)C)cc2)c1. The summed E-state index contributed by atoms with van der Waals surface area (Å²) in [5.41, 5.74) is 3.53. The molecule has 4 aromatic rings. The summed E-state index contributed by atoms with van der Waals surface area (Å²) in [7, 11) is 0. The molecule has 0 saturated heterocycles. The van der Waals surface area contributed by atoms with E-state index < -0.39 is 6.04 Å². The number of aromatic nitrogens is 1. The number of hydrogen-bond donors (Lipinski definition) is 0. The van der Waals surface area contributed by atoms with Crippen LogP contribution >= 0.6 is 15.9 Å². The molecule has 0 unspecified atom stereocenters. The summed E-state index contributed by atoms with van der Waals surface area (Å²) in [5.74, 6) is 0.579. The van der Waals surface area contributed by atoms with Crippen molar-refractivity contribution in [2.24, 2.45) is 0 Å². The number of fused-ring (bicyclic) bond motifs is 2. The van der Waals surface area contributed by atoms with Crippen LogP contribution in [0.2, 0.25) is 0 Å². The highest BCUT2D eigenvalue weighted by Crippen LogP contribution is 2.41. The molecule has 1 aliphatic heterocycles. The maximum absolute atomic E-state index is 13.6. The molecule has 5 rings (SSSR count). The summed E-state index contributed by atoms with van der Waals surface area (Å²) in [4.78, 5) is 33.2. The molecule has 2 aromatic heterocycles. The number of carbonyl (C=O) groups excluding carboxylic acids is 1. The maximum atomic E-state index is 13.6. The van der Waals surface area contributed by atoms with E-state index in [0.29, 0.717) is 28.3 Å². The predicted octanol–water partition coefficient (Wildman–Crippen LogP) is 6.13. The molecule has 3 heterocycles. The van der Waals surface area contributed by atoms with Gasteiger partial charge in [-0.1, -0.05) is 54.0 Å². The topological polar surface area (TPSA) is 63.4 Å². The number of halogens is 1. The van der Waals surface area contributed by atoms with Crippen LogP contribution in [-0.2, 0) is 0 Å². The fraction of sp³-hybridized carbons (Fsp3) is 0.192. The minimum absolute atomic E-state index is 0.0751. The third-order valence-electron chi connectivity index (χ3n) is 5.90. The first-order valence-corrected chi connectivity index (χ1v) is 11.3. The smallest absolute Gasteiger partial charge is 0.296 e. The summed E-state index contributed by atoms with van der Waals surface area (Å²) in [6.45, 7) is 6.20. The van der Waals surface area contributed by atoms with E-state index in [1.54, 1.807) is 29.3 Å². The molecule has 0 fully saturated rings. The van der Waals surface area contributed by atoms with Crippen LogP contribution in [0.25, 0.3) is 11.0 Å². The van der Waals surface area contributed by atoms with Crippen LogP contribution in [-0.4, -0.2) is 10.9 Å². The highest BCUT2D eigenvalue weighted by molar-refractivity contribution is 9.10. The summed E-state index contributed by atoms with van der Waals surface area (Å²) in [5, 5.41) is 0.439. The lowest BCUT2D eigenvalue weighted by atomic mass is 9.95. The molecular formula is C26H21BrN2O3. The zero-order valence-electron chi connectivity index (χ0n) is 17.9. The van der Waals surface area contributed by atoms with Crippen molar-refractivity contribution in [3.05, 3.63) is 104 Å². The highest BCUT2D eigenvalue weighted by atomic mass is 79.9. The van der Waals surface area contributed by atoms with Gasteiger partial charge in [-0.15, -0.1) is 0 Å². The Kier molecular flexibility index (Phi) is 4.97. The molecular weight excluding hydrogens is 468 g/mol. The minimum Gasteiger partial charge on any atom is -0.450 e. The number of rotatable bonds is 3. The van der Waals surface area contributed by atoms with Gasteiger partial charge in [0.05, 0.1) is 17.0 Å². The Labute approximate surface area is 193 Å². The fourth-order valence-corrected chi connectivity index (χ4v) is 4.57. The van der Waals surface area contributed by atoms with Gasteiger partial charge >= 0.3 is 0 Å². The molecule has 0 aliphatic carbocycles. The second-order valence-corrected chi connectivity index (χ2v) is 9.32. The van der Waals surface area contributed by atoms with Crippen LogP contribution in [0, 0.1) is 6.92 Å². The zero-order chi connectivity index (χ0) is 22.6. The molecule has 5 nitrogen and oxygen atoms in total. The molecule has 0 N–H and O–H groups in total. The van der Waals surface area contributed by atoms with Crippen molar-refractivity contribution in [3.8, 4) is 0 Å². The van der Waals surface area contributed by atoms with Gasteiger partial charge in [0, 0.05) is 10.7 Å². The minimum atomic E-state index is -0.618. The van der Waals surface area contributed by atoms with Gasteiger partial charge in [0.2, 0.25) is 5.76 Å². The molecule has 1 amide bonds. The van der Waals surface area contributed by atoms with Crippen molar-refractivity contribution in [2.75, 3.05) is 4.90 Å². The van der Waals surface area contributed by atoms with Crippen LogP contribution in [0.5, 0.6) is 0 Å². The van der Waals surface area contributed by atoms with Gasteiger partial charge in [0.15, 0.2) is 5.43 Å². The van der Waals surface area contributed by atoms with Gasteiger partial charge in [-0.25, -0.2) is 4.98 Å². The summed E-state index contributed by atoms with van der Waals surface area (Å²) >= 11 is 3.43. The van der Waals surface area contributed by atoms with Crippen LogP contribution in [0.4, 0.5) is 5.82 Å². The van der Waals surface area contributed by atoms with Crippen LogP contribution in [0.15, 0.2) is 74.5 Å². The molecule has 1 atom stereocenters. The van der Waals surface area contributed by atoms with E-state index >= 15 is 0 Å². The fourth-order valence-electron chi connectivity index (χ4n) is 4.21. The number of benzene rings is 2. The Morgan fingerprint density at radius 3 is 2.47 bits per heavy atom. The molecule has 1 aliphatic rings. The second-order valence-electron chi connectivity index (χ2n) is 8.40. The van der Waals surface area contributed by atoms with Crippen molar-refractivity contribution in [2.45, 2.75) is 32.7 Å². The van der Waals surface area contributed by atoms with Crippen molar-refractivity contribution in [3.63, 3.8) is 0 Å². The highest BCUT2D eigenvalue weighted by Gasteiger charge is 2.44. The Bertz CT molecular complexity index is 1420. The van der Waals surface area contributed by atoms with Crippen molar-refractivity contribution in [1.82, 2.24) is 4.98 Å². The maximum Gasteiger partial charge on any atom is 0.296 e. The lowest BCUT2D eigenvalue weighted by Crippen LogP contribution is -2.30. The van der Waals surface area contributed by atoms with Gasteiger partial charge < -0.3 is 4.42 Å². The first-order valence-electron chi connectivity index (χ1n) is 10.5. The van der Waals surface area contributed by atoms with Crippen molar-refractivity contribution in [1.29, 1.82) is 0 Å². The number of pyridine rings is 1. The van der Waals surface area contributed by atoms with Gasteiger partial charge in [-0.3, -0.25) is 14.5 Å². The van der Waals surface area contributed by atoms with Crippen LogP contribution < -0.4 is 10.3 Å². The van der Waals surface area contributed by atoms with Gasteiger partial charge in [-0.2, -0.15) is 0 Å². The number of aryl methyl sites for hydroxylation is 1. The van der Waals surface area contributed by atoms with Crippen molar-refractivity contribution >= 4 is 38.6 Å². The Morgan fingerprint density at radius 1 is 1.03 bits per heavy atom. The monoisotopic (exact) mass is 488 g/mol. The quantitative estimate of drug-likeness (QED) is 0.347. The largest absolute Gasteiger partial charge is 0.450 e. The van der Waals surface area contributed by atoms with E-state index in [1.165, 1.54) is 5.56 Å². The van der Waals surface area contributed by atoms with E-state index in [-0.39, 0.29) is 17.1 Å². The summed E-state index contributed by atoms with van der Waals surface area (Å²) in [6.07, 6.45) is 1.67. The van der Waals surface area contributed by atoms with E-state index in [9.17, 15) is 9.59 Å². The Morgan fingerprint density at radius 2 is 1.78 bits per heavy atom. The number of hydrogen-bond acceptors (Lipinski definition) is 4. The average molecular weight is 489 g/mol. The number of amides is 1. The molecule has 2 aromatic carbocycles. The van der Waals surface area contributed by atoms with Crippen LogP contribution in [0.3, 0.4) is 0 Å². The summed E-state index contributed by atoms with van der Waals surface area (Å²) < 4.78 is 6.78. The van der Waals surface area contributed by atoms with Gasteiger partial charge in [-0.05, 0) is 59.9 Å². The number of nitrogens with zero attached hydrogens (tertiary/aromatic N) is 2. The van der Waals surface area contributed by atoms with E-state index in [0.717, 1.165) is 15.6 Å². The van der Waals surface area contributed by atoms with Gasteiger partial charge in [0.1, 0.15) is 11.4 Å². The Balaban J connectivity index is 1.79. The lowest BCUT2D eigenvalue weighted by molar-refractivity contribution is 0.0970. The first kappa shape index (κ1) is 20.6. The molecule has 0 spiro atoms. The molecule has 6 heteroatoms. The Hall–Kier alpha value is -3.25. The molecule has 0 saturated carbocycles. The lowest BCUT2D eigenvalue weighted by Gasteiger charge is -2.24. The first-order chi connectivity index (χ1) is 15.3. The van der Waals surface area contributed by atoms with Gasteiger partial charge in [0.25, 0.3) is 5.91 Å². The van der Waals surface area contributed by atoms with E-state index in [1.807, 2.05) is 43.3 Å². The van der Waals surface area contributed by atoms with E-state index in [2.05, 4.69) is 34.8 Å². The second kappa shape index (κ2) is 7.71. The normalized spacial score (nSPS) is 15.6. The predicted molar refractivity (Wildman–Crippen MR) is 128 cm³/mol. The van der Waals surface area contributed by atoms with E-state index in [4.69, 9.17) is 4.42 Å².